The summed E-state index contributed by atoms with van der Waals surface area (Å²) >= 11 is 0. The highest BCUT2D eigenvalue weighted by molar-refractivity contribution is 5.79. The lowest BCUT2D eigenvalue weighted by Gasteiger charge is -2.35. The molecule has 0 unspecified atom stereocenters. The first-order valence-corrected chi connectivity index (χ1v) is 6.88. The van der Waals surface area contributed by atoms with Crippen molar-refractivity contribution in [1.82, 2.24) is 15.0 Å². The fraction of sp³-hybridized carbons (Fsp3) is 0.571. The lowest BCUT2D eigenvalue weighted by molar-refractivity contribution is 0.302. The molecule has 1 saturated carbocycles. The molecule has 1 aliphatic rings. The molecule has 5 heteroatoms. The number of H-pyrrole nitrogens is 1. The summed E-state index contributed by atoms with van der Waals surface area (Å²) in [6, 6.07) is 0.413. The van der Waals surface area contributed by atoms with Crippen LogP contribution in [0, 0.1) is 0 Å². The van der Waals surface area contributed by atoms with Crippen LogP contribution in [0.2, 0.25) is 0 Å². The molecule has 1 fully saturated rings. The second kappa shape index (κ2) is 4.81. The Morgan fingerprint density at radius 3 is 2.84 bits per heavy atom. The molecule has 0 radical (unpaired) electrons. The summed E-state index contributed by atoms with van der Waals surface area (Å²) < 4.78 is 5.13. The van der Waals surface area contributed by atoms with Crippen LogP contribution in [0.15, 0.2) is 12.4 Å². The van der Waals surface area contributed by atoms with Crippen molar-refractivity contribution in [2.45, 2.75) is 37.5 Å². The van der Waals surface area contributed by atoms with Crippen molar-refractivity contribution in [3.8, 4) is 6.01 Å². The Bertz CT molecular complexity index is 572. The molecular weight excluding hydrogens is 240 g/mol. The molecule has 0 saturated heterocycles. The van der Waals surface area contributed by atoms with Crippen molar-refractivity contribution in [1.29, 1.82) is 0 Å². The largest absolute Gasteiger partial charge is 0.467 e. The standard InChI is InChI=1S/C14H20N4O/c1-19-13-17-8-11-12(18-13)10(7-16-11)14(9-15)5-3-2-4-6-14/h7-8,16H,2-6,9,15H2,1H3. The van der Waals surface area contributed by atoms with Gasteiger partial charge in [-0.05, 0) is 12.8 Å². The molecule has 2 aromatic heterocycles. The third-order valence-electron chi connectivity index (χ3n) is 4.35. The third-order valence-corrected chi connectivity index (χ3v) is 4.35. The third kappa shape index (κ3) is 1.98. The van der Waals surface area contributed by atoms with Crippen LogP contribution in [0.4, 0.5) is 0 Å². The molecule has 2 heterocycles. The van der Waals surface area contributed by atoms with E-state index in [1.165, 1.54) is 24.8 Å². The summed E-state index contributed by atoms with van der Waals surface area (Å²) in [5.74, 6) is 0. The van der Waals surface area contributed by atoms with Crippen LogP contribution in [0.1, 0.15) is 37.7 Å². The van der Waals surface area contributed by atoms with Crippen molar-refractivity contribution in [2.24, 2.45) is 5.73 Å². The number of nitrogens with zero attached hydrogens (tertiary/aromatic N) is 2. The average Bonchev–Trinajstić information content (AvgIpc) is 2.91. The zero-order valence-corrected chi connectivity index (χ0v) is 11.3. The minimum atomic E-state index is 0.0653. The van der Waals surface area contributed by atoms with Crippen molar-refractivity contribution in [3.05, 3.63) is 18.0 Å². The molecule has 3 N–H and O–H groups in total. The van der Waals surface area contributed by atoms with E-state index in [0.717, 1.165) is 23.9 Å². The van der Waals surface area contributed by atoms with Gasteiger partial charge in [0.25, 0.3) is 0 Å². The van der Waals surface area contributed by atoms with Gasteiger partial charge in [0.15, 0.2) is 0 Å². The highest BCUT2D eigenvalue weighted by Crippen LogP contribution is 2.41. The number of aromatic nitrogens is 3. The van der Waals surface area contributed by atoms with Crippen LogP contribution in [0.25, 0.3) is 11.0 Å². The fourth-order valence-corrected chi connectivity index (χ4v) is 3.21. The SMILES string of the molecule is COc1ncc2[nH]cc(C3(CN)CCCCC3)c2n1. The van der Waals surface area contributed by atoms with Gasteiger partial charge in [-0.1, -0.05) is 19.3 Å². The van der Waals surface area contributed by atoms with Gasteiger partial charge in [-0.15, -0.1) is 0 Å². The number of hydrogen-bond acceptors (Lipinski definition) is 4. The number of nitrogens with two attached hydrogens (primary N) is 1. The lowest BCUT2D eigenvalue weighted by atomic mass is 9.70. The van der Waals surface area contributed by atoms with Gasteiger partial charge in [-0.2, -0.15) is 4.98 Å². The van der Waals surface area contributed by atoms with Crippen molar-refractivity contribution >= 4 is 11.0 Å². The Kier molecular flexibility index (Phi) is 3.14. The minimum absolute atomic E-state index is 0.0653. The van der Waals surface area contributed by atoms with Crippen LogP contribution >= 0.6 is 0 Å². The van der Waals surface area contributed by atoms with Crippen LogP contribution in [-0.2, 0) is 5.41 Å². The number of methoxy groups -OCH3 is 1. The van der Waals surface area contributed by atoms with E-state index in [0.29, 0.717) is 12.6 Å². The van der Waals surface area contributed by atoms with Crippen LogP contribution in [0.5, 0.6) is 6.01 Å². The smallest absolute Gasteiger partial charge is 0.316 e. The van der Waals surface area contributed by atoms with E-state index in [1.54, 1.807) is 13.3 Å². The molecule has 0 aromatic carbocycles. The molecule has 0 bridgehead atoms. The first-order chi connectivity index (χ1) is 9.29. The van der Waals surface area contributed by atoms with Gasteiger partial charge >= 0.3 is 6.01 Å². The predicted octanol–water partition coefficient (Wildman–Crippen LogP) is 2.13. The summed E-state index contributed by atoms with van der Waals surface area (Å²) in [5.41, 5.74) is 9.31. The summed E-state index contributed by atoms with van der Waals surface area (Å²) in [7, 11) is 1.59. The van der Waals surface area contributed by atoms with Crippen LogP contribution in [-0.4, -0.2) is 28.6 Å². The van der Waals surface area contributed by atoms with E-state index in [1.807, 2.05) is 0 Å². The molecule has 0 amide bonds. The summed E-state index contributed by atoms with van der Waals surface area (Å²) in [5, 5.41) is 0. The molecule has 0 spiro atoms. The number of nitrogens with one attached hydrogen (secondary N) is 1. The number of aromatic amines is 1. The van der Waals surface area contributed by atoms with E-state index < -0.39 is 0 Å². The first-order valence-electron chi connectivity index (χ1n) is 6.88. The topological polar surface area (TPSA) is 76.8 Å². The molecule has 19 heavy (non-hydrogen) atoms. The zero-order chi connectivity index (χ0) is 13.3. The first kappa shape index (κ1) is 12.4. The van der Waals surface area contributed by atoms with Crippen molar-refractivity contribution in [3.63, 3.8) is 0 Å². The quantitative estimate of drug-likeness (QED) is 0.886. The lowest BCUT2D eigenvalue weighted by Crippen LogP contribution is -2.37. The number of fused-ring (bicyclic) bond motifs is 1. The Morgan fingerprint density at radius 2 is 2.16 bits per heavy atom. The van der Waals surface area contributed by atoms with Crippen LogP contribution < -0.4 is 10.5 Å². The van der Waals surface area contributed by atoms with Crippen molar-refractivity contribution < 1.29 is 4.74 Å². The Balaban J connectivity index is 2.12. The number of hydrogen-bond donors (Lipinski definition) is 2. The molecule has 0 aliphatic heterocycles. The zero-order valence-electron chi connectivity index (χ0n) is 11.3. The Morgan fingerprint density at radius 1 is 1.37 bits per heavy atom. The predicted molar refractivity (Wildman–Crippen MR) is 74.3 cm³/mol. The van der Waals surface area contributed by atoms with Gasteiger partial charge < -0.3 is 15.5 Å². The number of ether oxygens (including phenoxy) is 1. The average molecular weight is 260 g/mol. The summed E-state index contributed by atoms with van der Waals surface area (Å²) in [4.78, 5) is 11.9. The number of rotatable bonds is 3. The molecule has 3 rings (SSSR count). The Labute approximate surface area is 112 Å². The van der Waals surface area contributed by atoms with Crippen LogP contribution in [0.3, 0.4) is 0 Å². The highest BCUT2D eigenvalue weighted by atomic mass is 16.5. The fourth-order valence-electron chi connectivity index (χ4n) is 3.21. The second-order valence-corrected chi connectivity index (χ2v) is 5.37. The molecule has 2 aromatic rings. The molecule has 102 valence electrons. The second-order valence-electron chi connectivity index (χ2n) is 5.37. The summed E-state index contributed by atoms with van der Waals surface area (Å²) in [6.07, 6.45) is 9.90. The Hall–Kier alpha value is -1.62. The maximum Gasteiger partial charge on any atom is 0.316 e. The molecular formula is C14H20N4O. The van der Waals surface area contributed by atoms with Gasteiger partial charge in [0.1, 0.15) is 0 Å². The maximum atomic E-state index is 6.10. The van der Waals surface area contributed by atoms with E-state index >= 15 is 0 Å². The minimum Gasteiger partial charge on any atom is -0.467 e. The monoisotopic (exact) mass is 260 g/mol. The normalized spacial score (nSPS) is 18.6. The van der Waals surface area contributed by atoms with E-state index in [9.17, 15) is 0 Å². The highest BCUT2D eigenvalue weighted by Gasteiger charge is 2.35. The molecule has 5 nitrogen and oxygen atoms in total. The van der Waals surface area contributed by atoms with Gasteiger partial charge in [-0.25, -0.2) is 4.98 Å². The van der Waals surface area contributed by atoms with Crippen molar-refractivity contribution in [2.75, 3.05) is 13.7 Å². The van der Waals surface area contributed by atoms with Gasteiger partial charge in [0, 0.05) is 23.7 Å². The summed E-state index contributed by atoms with van der Waals surface area (Å²) in [6.45, 7) is 0.673. The van der Waals surface area contributed by atoms with E-state index in [-0.39, 0.29) is 5.41 Å². The van der Waals surface area contributed by atoms with E-state index in [2.05, 4.69) is 21.1 Å². The van der Waals surface area contributed by atoms with E-state index in [4.69, 9.17) is 10.5 Å². The van der Waals surface area contributed by atoms with Gasteiger partial charge in [0.05, 0.1) is 24.3 Å². The molecule has 0 atom stereocenters. The molecule has 1 aliphatic carbocycles. The van der Waals surface area contributed by atoms with Gasteiger partial charge in [0.2, 0.25) is 0 Å². The van der Waals surface area contributed by atoms with Gasteiger partial charge in [-0.3, -0.25) is 0 Å². The maximum absolute atomic E-state index is 6.10.